The molecular formula is C10H9ClF3N3O. The highest BCUT2D eigenvalue weighted by atomic mass is 35.5. The molecule has 0 N–H and O–H groups in total. The molecule has 0 fully saturated rings. The van der Waals surface area contributed by atoms with Gasteiger partial charge in [0.15, 0.2) is 0 Å². The lowest BCUT2D eigenvalue weighted by Crippen LogP contribution is -2.36. The van der Waals surface area contributed by atoms with Crippen molar-refractivity contribution in [3.63, 3.8) is 0 Å². The van der Waals surface area contributed by atoms with Gasteiger partial charge in [-0.1, -0.05) is 29.8 Å². The molecule has 2 unspecified atom stereocenters. The molecule has 18 heavy (non-hydrogen) atoms. The zero-order valence-electron chi connectivity index (χ0n) is 9.23. The van der Waals surface area contributed by atoms with Gasteiger partial charge in [-0.3, -0.25) is 0 Å². The van der Waals surface area contributed by atoms with E-state index in [0.29, 0.717) is 4.68 Å². The van der Waals surface area contributed by atoms with Gasteiger partial charge >= 0.3 is 12.2 Å². The predicted octanol–water partition coefficient (Wildman–Crippen LogP) is 2.32. The van der Waals surface area contributed by atoms with Gasteiger partial charge < -0.3 is 0 Å². The summed E-state index contributed by atoms with van der Waals surface area (Å²) in [6.07, 6.45) is 5.15. The largest absolute Gasteiger partial charge is 0.351 e. The second-order valence-corrected chi connectivity index (χ2v) is 4.36. The standard InChI is InChI=1S/C10H9ClF3N3O/c1-6-15-17(9(18)16(6)8(12)13)7-4-2-3-5-10(7,11)14/h2-5,7-8H,1H3. The fourth-order valence-corrected chi connectivity index (χ4v) is 1.96. The highest BCUT2D eigenvalue weighted by Crippen LogP contribution is 2.35. The molecule has 0 amide bonds. The van der Waals surface area contributed by atoms with E-state index in [1.54, 1.807) is 0 Å². The van der Waals surface area contributed by atoms with Crippen molar-refractivity contribution in [2.75, 3.05) is 0 Å². The van der Waals surface area contributed by atoms with Crippen LogP contribution in [0.25, 0.3) is 0 Å². The van der Waals surface area contributed by atoms with E-state index < -0.39 is 23.4 Å². The smallest absolute Gasteiger partial charge is 0.246 e. The molecule has 2 rings (SSSR count). The van der Waals surface area contributed by atoms with E-state index in [9.17, 15) is 18.0 Å². The molecule has 98 valence electrons. The SMILES string of the molecule is Cc1nn(C2C=CC=CC2(F)Cl)c(=O)n1C(F)F. The summed E-state index contributed by atoms with van der Waals surface area (Å²) in [4.78, 5) is 11.7. The third-order valence-corrected chi connectivity index (χ3v) is 2.93. The van der Waals surface area contributed by atoms with Crippen molar-refractivity contribution in [3.05, 3.63) is 40.6 Å². The summed E-state index contributed by atoms with van der Waals surface area (Å²) < 4.78 is 40.0. The predicted molar refractivity (Wildman–Crippen MR) is 59.5 cm³/mol. The molecule has 1 aromatic heterocycles. The molecule has 1 aliphatic rings. The van der Waals surface area contributed by atoms with Gasteiger partial charge in [-0.2, -0.15) is 13.9 Å². The summed E-state index contributed by atoms with van der Waals surface area (Å²) >= 11 is 5.58. The Bertz CT molecular complexity index is 573. The number of rotatable bonds is 2. The highest BCUT2D eigenvalue weighted by Gasteiger charge is 2.38. The van der Waals surface area contributed by atoms with Crippen LogP contribution in [0, 0.1) is 6.92 Å². The normalized spacial score (nSPS) is 27.1. The molecular weight excluding hydrogens is 271 g/mol. The van der Waals surface area contributed by atoms with Crippen LogP contribution in [0.15, 0.2) is 29.1 Å². The minimum atomic E-state index is -3.03. The van der Waals surface area contributed by atoms with Gasteiger partial charge in [0.1, 0.15) is 11.9 Å². The lowest BCUT2D eigenvalue weighted by Gasteiger charge is -2.24. The first kappa shape index (κ1) is 12.9. The Balaban J connectivity index is 2.54. The lowest BCUT2D eigenvalue weighted by molar-refractivity contribution is 0.0631. The van der Waals surface area contributed by atoms with Crippen LogP contribution in [0.1, 0.15) is 18.4 Å². The first-order valence-electron chi connectivity index (χ1n) is 5.04. The van der Waals surface area contributed by atoms with Crippen LogP contribution < -0.4 is 5.69 Å². The minimum Gasteiger partial charge on any atom is -0.246 e. The fraction of sp³-hybridized carbons (Fsp3) is 0.400. The molecule has 0 aromatic carbocycles. The van der Waals surface area contributed by atoms with Crippen molar-refractivity contribution in [3.8, 4) is 0 Å². The molecule has 0 saturated heterocycles. The zero-order chi connectivity index (χ0) is 13.5. The number of halogens is 4. The van der Waals surface area contributed by atoms with Gasteiger partial charge in [-0.25, -0.2) is 18.4 Å². The molecule has 4 nitrogen and oxygen atoms in total. The topological polar surface area (TPSA) is 39.8 Å². The van der Waals surface area contributed by atoms with Crippen molar-refractivity contribution in [2.45, 2.75) is 24.6 Å². The van der Waals surface area contributed by atoms with Crippen LogP contribution in [0.2, 0.25) is 0 Å². The molecule has 1 aliphatic carbocycles. The van der Waals surface area contributed by atoms with E-state index in [1.807, 2.05) is 0 Å². The van der Waals surface area contributed by atoms with Crippen LogP contribution in [0.3, 0.4) is 0 Å². The summed E-state index contributed by atoms with van der Waals surface area (Å²) in [5.41, 5.74) is -1.10. The lowest BCUT2D eigenvalue weighted by atomic mass is 10.1. The Morgan fingerprint density at radius 2 is 2.17 bits per heavy atom. The summed E-state index contributed by atoms with van der Waals surface area (Å²) in [5, 5.41) is 1.26. The summed E-state index contributed by atoms with van der Waals surface area (Å²) in [5.74, 6) is -0.203. The van der Waals surface area contributed by atoms with E-state index in [0.717, 1.165) is 6.08 Å². The van der Waals surface area contributed by atoms with Crippen molar-refractivity contribution in [1.82, 2.24) is 14.3 Å². The number of aromatic nitrogens is 3. The number of allylic oxidation sites excluding steroid dienone is 4. The average Bonchev–Trinajstić information content (AvgIpc) is 2.53. The number of aryl methyl sites for hydroxylation is 1. The second-order valence-electron chi connectivity index (χ2n) is 3.79. The van der Waals surface area contributed by atoms with Crippen molar-refractivity contribution in [2.24, 2.45) is 0 Å². The van der Waals surface area contributed by atoms with Crippen LogP contribution in [0.5, 0.6) is 0 Å². The van der Waals surface area contributed by atoms with Gasteiger partial charge in [0.2, 0.25) is 5.13 Å². The molecule has 0 spiro atoms. The Labute approximate surface area is 105 Å². The Morgan fingerprint density at radius 1 is 1.50 bits per heavy atom. The minimum absolute atomic E-state index is 0.180. The van der Waals surface area contributed by atoms with Gasteiger partial charge in [-0.15, -0.1) is 0 Å². The van der Waals surface area contributed by atoms with E-state index in [-0.39, 0.29) is 10.4 Å². The fourth-order valence-electron chi connectivity index (χ4n) is 1.73. The number of alkyl halides is 4. The van der Waals surface area contributed by atoms with Crippen LogP contribution in [0.4, 0.5) is 13.2 Å². The highest BCUT2D eigenvalue weighted by molar-refractivity contribution is 6.24. The number of hydrogen-bond acceptors (Lipinski definition) is 2. The van der Waals surface area contributed by atoms with Crippen molar-refractivity contribution in [1.29, 1.82) is 0 Å². The summed E-state index contributed by atoms with van der Waals surface area (Å²) in [6, 6.07) is -1.25. The van der Waals surface area contributed by atoms with E-state index >= 15 is 0 Å². The first-order chi connectivity index (χ1) is 8.34. The average molecular weight is 280 g/mol. The maximum atomic E-state index is 14.0. The summed E-state index contributed by atoms with van der Waals surface area (Å²) in [7, 11) is 0. The molecule has 1 aromatic rings. The maximum Gasteiger partial charge on any atom is 0.351 e. The van der Waals surface area contributed by atoms with E-state index in [1.165, 1.54) is 25.2 Å². The van der Waals surface area contributed by atoms with Crippen LogP contribution in [-0.4, -0.2) is 19.5 Å². The number of nitrogens with zero attached hydrogens (tertiary/aromatic N) is 3. The second kappa shape index (κ2) is 4.31. The molecule has 0 saturated carbocycles. The third-order valence-electron chi connectivity index (χ3n) is 2.58. The van der Waals surface area contributed by atoms with Crippen molar-refractivity contribution < 1.29 is 13.2 Å². The molecule has 0 bridgehead atoms. The Morgan fingerprint density at radius 3 is 2.67 bits per heavy atom. The quantitative estimate of drug-likeness (QED) is 0.780. The van der Waals surface area contributed by atoms with Gasteiger partial charge in [0.25, 0.3) is 0 Å². The monoisotopic (exact) mass is 279 g/mol. The molecule has 2 atom stereocenters. The Kier molecular flexibility index (Phi) is 3.10. The van der Waals surface area contributed by atoms with Crippen LogP contribution in [-0.2, 0) is 0 Å². The number of hydrogen-bond donors (Lipinski definition) is 0. The third kappa shape index (κ3) is 1.98. The van der Waals surface area contributed by atoms with Gasteiger partial charge in [0, 0.05) is 0 Å². The maximum absolute atomic E-state index is 14.0. The van der Waals surface area contributed by atoms with Gasteiger partial charge in [-0.05, 0) is 13.0 Å². The van der Waals surface area contributed by atoms with Crippen LogP contribution >= 0.6 is 11.6 Å². The molecule has 8 heteroatoms. The zero-order valence-corrected chi connectivity index (χ0v) is 9.98. The Hall–Kier alpha value is -1.50. The molecule has 0 aliphatic heterocycles. The molecule has 0 radical (unpaired) electrons. The van der Waals surface area contributed by atoms with Gasteiger partial charge in [0.05, 0.1) is 0 Å². The molecule has 1 heterocycles. The van der Waals surface area contributed by atoms with E-state index in [4.69, 9.17) is 11.6 Å². The van der Waals surface area contributed by atoms with E-state index in [2.05, 4.69) is 5.10 Å². The first-order valence-corrected chi connectivity index (χ1v) is 5.42. The van der Waals surface area contributed by atoms with Crippen molar-refractivity contribution >= 4 is 11.6 Å². The summed E-state index contributed by atoms with van der Waals surface area (Å²) in [6.45, 7) is -1.79.